The minimum absolute atomic E-state index is 0.0214. The lowest BCUT2D eigenvalue weighted by atomic mass is 10.2. The van der Waals surface area contributed by atoms with Gasteiger partial charge in [-0.25, -0.2) is 4.98 Å². The van der Waals surface area contributed by atoms with Crippen molar-refractivity contribution in [1.82, 2.24) is 19.4 Å². The Balaban J connectivity index is 1.82. The Kier molecular flexibility index (Phi) is 4.82. The van der Waals surface area contributed by atoms with E-state index in [4.69, 9.17) is 9.72 Å². The van der Waals surface area contributed by atoms with Crippen molar-refractivity contribution in [3.05, 3.63) is 51.9 Å². The summed E-state index contributed by atoms with van der Waals surface area (Å²) >= 11 is 0. The maximum atomic E-state index is 11.8. The summed E-state index contributed by atoms with van der Waals surface area (Å²) in [4.78, 5) is 21.6. The second kappa shape index (κ2) is 7.26. The molecule has 1 fully saturated rings. The lowest BCUT2D eigenvalue weighted by Crippen LogP contribution is -2.42. The number of aryl methyl sites for hydroxylation is 1. The van der Waals surface area contributed by atoms with Crippen molar-refractivity contribution in [2.75, 3.05) is 26.7 Å². The third-order valence-corrected chi connectivity index (χ3v) is 5.07. The number of morpholine rings is 1. The highest BCUT2D eigenvalue weighted by Gasteiger charge is 2.22. The van der Waals surface area contributed by atoms with Gasteiger partial charge in [0.1, 0.15) is 5.82 Å². The summed E-state index contributed by atoms with van der Waals surface area (Å²) in [7, 11) is 2.10. The number of benzene rings is 1. The first kappa shape index (κ1) is 17.9. The van der Waals surface area contributed by atoms with E-state index in [9.17, 15) is 9.90 Å². The van der Waals surface area contributed by atoms with Crippen LogP contribution >= 0.6 is 0 Å². The largest absolute Gasteiger partial charge is 0.392 e. The number of rotatable bonds is 4. The van der Waals surface area contributed by atoms with Crippen molar-refractivity contribution >= 4 is 11.0 Å². The molecule has 4 rings (SSSR count). The van der Waals surface area contributed by atoms with Crippen LogP contribution in [0.15, 0.2) is 35.3 Å². The van der Waals surface area contributed by atoms with Crippen LogP contribution < -0.4 is 5.56 Å². The van der Waals surface area contributed by atoms with Crippen molar-refractivity contribution in [3.63, 3.8) is 0 Å². The zero-order chi connectivity index (χ0) is 19.0. The maximum Gasteiger partial charge on any atom is 0.250 e. The molecule has 0 spiro atoms. The summed E-state index contributed by atoms with van der Waals surface area (Å²) < 4.78 is 8.11. The van der Waals surface area contributed by atoms with E-state index in [1.54, 1.807) is 13.1 Å². The van der Waals surface area contributed by atoms with E-state index in [0.29, 0.717) is 12.1 Å². The fraction of sp³-hybridized carbons (Fsp3) is 0.400. The molecule has 0 amide bonds. The third kappa shape index (κ3) is 3.53. The fourth-order valence-corrected chi connectivity index (χ4v) is 3.59. The molecular formula is C20H24N4O3. The Hall–Kier alpha value is -2.48. The number of pyridine rings is 1. The standard InChI is InChI=1S/C20H24N4O3/c1-13-7-15(9-21-20(13)26)19-22-17-8-14(12-25)3-4-18(17)24(19)11-16-10-23(2)5-6-27-16/h3-4,7-9,16,25H,5-6,10-12H2,1-2H3,(H,21,26). The van der Waals surface area contributed by atoms with Crippen LogP contribution in [0.3, 0.4) is 0 Å². The van der Waals surface area contributed by atoms with Gasteiger partial charge in [-0.15, -0.1) is 0 Å². The number of hydrogen-bond acceptors (Lipinski definition) is 5. The molecule has 142 valence electrons. The molecule has 1 saturated heterocycles. The molecule has 3 heterocycles. The zero-order valence-corrected chi connectivity index (χ0v) is 15.6. The highest BCUT2D eigenvalue weighted by atomic mass is 16.5. The number of ether oxygens (including phenoxy) is 1. The Bertz CT molecular complexity index is 1020. The molecule has 27 heavy (non-hydrogen) atoms. The molecule has 1 atom stereocenters. The number of aliphatic hydroxyl groups is 1. The van der Waals surface area contributed by atoms with Gasteiger partial charge in [0.2, 0.25) is 0 Å². The van der Waals surface area contributed by atoms with Gasteiger partial charge < -0.3 is 24.3 Å². The summed E-state index contributed by atoms with van der Waals surface area (Å²) in [6, 6.07) is 7.66. The molecule has 7 nitrogen and oxygen atoms in total. The van der Waals surface area contributed by atoms with E-state index in [1.807, 2.05) is 24.3 Å². The number of aromatic amines is 1. The van der Waals surface area contributed by atoms with Crippen LogP contribution in [0, 0.1) is 6.92 Å². The molecule has 1 aliphatic rings. The van der Waals surface area contributed by atoms with Crippen molar-refractivity contribution in [1.29, 1.82) is 0 Å². The fourth-order valence-electron chi connectivity index (χ4n) is 3.59. The number of likely N-dealkylation sites (N-methyl/N-ethyl adjacent to an activating group) is 1. The van der Waals surface area contributed by atoms with E-state index < -0.39 is 0 Å². The van der Waals surface area contributed by atoms with Crippen LogP contribution in [0.2, 0.25) is 0 Å². The SMILES string of the molecule is Cc1cc(-c2nc3cc(CO)ccc3n2CC2CN(C)CCO2)c[nH]c1=O. The van der Waals surface area contributed by atoms with Crippen LogP contribution in [0.1, 0.15) is 11.1 Å². The van der Waals surface area contributed by atoms with Gasteiger partial charge >= 0.3 is 0 Å². The Labute approximate surface area is 157 Å². The van der Waals surface area contributed by atoms with Gasteiger partial charge in [-0.3, -0.25) is 4.79 Å². The molecule has 3 aromatic rings. The van der Waals surface area contributed by atoms with E-state index >= 15 is 0 Å². The number of nitrogens with zero attached hydrogens (tertiary/aromatic N) is 3. The van der Waals surface area contributed by atoms with E-state index in [1.165, 1.54) is 0 Å². The zero-order valence-electron chi connectivity index (χ0n) is 15.6. The monoisotopic (exact) mass is 368 g/mol. The van der Waals surface area contributed by atoms with E-state index in [0.717, 1.165) is 47.7 Å². The minimum atomic E-state index is -0.0961. The van der Waals surface area contributed by atoms with Crippen molar-refractivity contribution in [2.45, 2.75) is 26.2 Å². The predicted molar refractivity (Wildman–Crippen MR) is 104 cm³/mol. The van der Waals surface area contributed by atoms with Gasteiger partial charge in [-0.1, -0.05) is 6.07 Å². The Morgan fingerprint density at radius 2 is 2.22 bits per heavy atom. The number of fused-ring (bicyclic) bond motifs is 1. The number of aliphatic hydroxyl groups excluding tert-OH is 1. The Morgan fingerprint density at radius 1 is 1.37 bits per heavy atom. The molecule has 0 saturated carbocycles. The van der Waals surface area contributed by atoms with Crippen molar-refractivity contribution < 1.29 is 9.84 Å². The van der Waals surface area contributed by atoms with Gasteiger partial charge in [0, 0.05) is 30.4 Å². The van der Waals surface area contributed by atoms with Crippen molar-refractivity contribution in [2.24, 2.45) is 0 Å². The molecule has 7 heteroatoms. The molecule has 0 radical (unpaired) electrons. The second-order valence-corrected chi connectivity index (χ2v) is 7.18. The van der Waals surface area contributed by atoms with Gasteiger partial charge in [0.25, 0.3) is 5.56 Å². The highest BCUT2D eigenvalue weighted by Crippen LogP contribution is 2.26. The number of H-pyrrole nitrogens is 1. The molecule has 0 bridgehead atoms. The lowest BCUT2D eigenvalue weighted by molar-refractivity contribution is -0.0267. The van der Waals surface area contributed by atoms with E-state index in [-0.39, 0.29) is 18.3 Å². The summed E-state index contributed by atoms with van der Waals surface area (Å²) in [5, 5.41) is 9.45. The number of hydrogen-bond donors (Lipinski definition) is 2. The van der Waals surface area contributed by atoms with Crippen molar-refractivity contribution in [3.8, 4) is 11.4 Å². The highest BCUT2D eigenvalue weighted by molar-refractivity contribution is 5.81. The molecule has 1 aromatic carbocycles. The normalized spacial score (nSPS) is 18.3. The lowest BCUT2D eigenvalue weighted by Gasteiger charge is -2.30. The predicted octanol–water partition coefficient (Wildman–Crippen LogP) is 1.52. The van der Waals surface area contributed by atoms with E-state index in [2.05, 4.69) is 21.5 Å². The third-order valence-electron chi connectivity index (χ3n) is 5.07. The van der Waals surface area contributed by atoms with Gasteiger partial charge in [0.05, 0.1) is 36.9 Å². The van der Waals surface area contributed by atoms with Crippen LogP contribution in [-0.2, 0) is 17.9 Å². The number of imidazole rings is 1. The first-order valence-corrected chi connectivity index (χ1v) is 9.15. The van der Waals surface area contributed by atoms with Gasteiger partial charge in [0.15, 0.2) is 0 Å². The van der Waals surface area contributed by atoms with Gasteiger partial charge in [-0.05, 0) is 37.7 Å². The molecular weight excluding hydrogens is 344 g/mol. The summed E-state index contributed by atoms with van der Waals surface area (Å²) in [6.45, 7) is 4.96. The topological polar surface area (TPSA) is 83.4 Å². The van der Waals surface area contributed by atoms with Crippen LogP contribution in [0.4, 0.5) is 0 Å². The quantitative estimate of drug-likeness (QED) is 0.730. The summed E-state index contributed by atoms with van der Waals surface area (Å²) in [5.41, 5.74) is 4.05. The van der Waals surface area contributed by atoms with Gasteiger partial charge in [-0.2, -0.15) is 0 Å². The number of aromatic nitrogens is 3. The summed E-state index contributed by atoms with van der Waals surface area (Å²) in [6.07, 6.45) is 1.77. The first-order valence-electron chi connectivity index (χ1n) is 9.15. The average Bonchev–Trinajstić information content (AvgIpc) is 3.01. The average molecular weight is 368 g/mol. The smallest absolute Gasteiger partial charge is 0.250 e. The molecule has 2 N–H and O–H groups in total. The van der Waals surface area contributed by atoms with Crippen LogP contribution in [0.5, 0.6) is 0 Å². The molecule has 2 aromatic heterocycles. The molecule has 1 aliphatic heterocycles. The maximum absolute atomic E-state index is 11.8. The van der Waals surface area contributed by atoms with Crippen LogP contribution in [0.25, 0.3) is 22.4 Å². The minimum Gasteiger partial charge on any atom is -0.392 e. The molecule has 1 unspecified atom stereocenters. The molecule has 0 aliphatic carbocycles. The first-order chi connectivity index (χ1) is 13.0. The number of nitrogens with one attached hydrogen (secondary N) is 1. The Morgan fingerprint density at radius 3 is 2.96 bits per heavy atom. The second-order valence-electron chi connectivity index (χ2n) is 7.18. The van der Waals surface area contributed by atoms with Crippen LogP contribution in [-0.4, -0.2) is 57.4 Å². The summed E-state index contributed by atoms with van der Waals surface area (Å²) in [5.74, 6) is 0.788.